The second kappa shape index (κ2) is 8.05. The SMILES string of the molecule is CCC1CC(C(=O)Cn2ccc(C#N)n2)C2(C)CCC3C4CCC(C)CC4CCC3C12. The Hall–Kier alpha value is -1.63. The predicted molar refractivity (Wildman–Crippen MR) is 121 cm³/mol. The number of nitrogens with zero attached hydrogens (tertiary/aromatic N) is 3. The number of Topliss-reactive ketones (excluding diaryl/α,β-unsaturated/α-hetero) is 1. The minimum atomic E-state index is 0.152. The monoisotopic (exact) mass is 421 g/mol. The molecule has 9 atom stereocenters. The van der Waals surface area contributed by atoms with Crippen molar-refractivity contribution in [2.75, 3.05) is 0 Å². The van der Waals surface area contributed by atoms with E-state index in [1.165, 1.54) is 51.4 Å². The summed E-state index contributed by atoms with van der Waals surface area (Å²) in [5.41, 5.74) is 0.549. The van der Waals surface area contributed by atoms with Gasteiger partial charge in [-0.15, -0.1) is 0 Å². The number of aromatic nitrogens is 2. The van der Waals surface area contributed by atoms with E-state index in [9.17, 15) is 4.79 Å². The number of rotatable bonds is 4. The molecule has 4 saturated carbocycles. The Morgan fingerprint density at radius 2 is 2.00 bits per heavy atom. The predicted octanol–water partition coefficient (Wildman–Crippen LogP) is 5.86. The van der Waals surface area contributed by atoms with Gasteiger partial charge in [0.05, 0.1) is 6.54 Å². The maximum absolute atomic E-state index is 13.5. The molecule has 0 aromatic carbocycles. The number of carbonyl (C=O) groups excluding carboxylic acids is 1. The Kier molecular flexibility index (Phi) is 5.51. The highest BCUT2D eigenvalue weighted by molar-refractivity contribution is 5.82. The quantitative estimate of drug-likeness (QED) is 0.611. The summed E-state index contributed by atoms with van der Waals surface area (Å²) in [6.07, 6.45) is 13.8. The van der Waals surface area contributed by atoms with Crippen LogP contribution >= 0.6 is 0 Å². The van der Waals surface area contributed by atoms with Gasteiger partial charge in [0.2, 0.25) is 0 Å². The minimum Gasteiger partial charge on any atom is -0.297 e. The molecule has 1 aromatic rings. The molecule has 0 radical (unpaired) electrons. The van der Waals surface area contributed by atoms with Gasteiger partial charge in [-0.25, -0.2) is 0 Å². The van der Waals surface area contributed by atoms with Gasteiger partial charge in [0, 0.05) is 12.1 Å². The molecule has 0 amide bonds. The summed E-state index contributed by atoms with van der Waals surface area (Å²) in [7, 11) is 0. The molecule has 0 spiro atoms. The molecule has 4 heteroatoms. The maximum Gasteiger partial charge on any atom is 0.162 e. The van der Waals surface area contributed by atoms with Gasteiger partial charge in [0.1, 0.15) is 6.07 Å². The standard InChI is InChI=1S/C27H39N3O/c1-4-18-14-24(25(31)16-30-12-10-20(15-28)29-30)27(3)11-9-22-21-7-5-17(2)13-19(21)6-8-23(22)26(18)27/h10,12,17-19,21-24,26H,4-9,11,13-14,16H2,1-3H3. The highest BCUT2D eigenvalue weighted by atomic mass is 16.1. The first-order valence-corrected chi connectivity index (χ1v) is 12.9. The van der Waals surface area contributed by atoms with Gasteiger partial charge in [-0.1, -0.05) is 33.6 Å². The fraction of sp³-hybridized carbons (Fsp3) is 0.815. The first kappa shape index (κ1) is 21.2. The van der Waals surface area contributed by atoms with Gasteiger partial charge in [0.15, 0.2) is 11.5 Å². The molecule has 4 fully saturated rings. The highest BCUT2D eigenvalue weighted by Crippen LogP contribution is 2.66. The molecule has 9 unspecified atom stereocenters. The molecule has 31 heavy (non-hydrogen) atoms. The molecule has 168 valence electrons. The Morgan fingerprint density at radius 3 is 2.74 bits per heavy atom. The van der Waals surface area contributed by atoms with Crippen molar-refractivity contribution in [2.24, 2.45) is 52.8 Å². The molecule has 0 saturated heterocycles. The van der Waals surface area contributed by atoms with Crippen molar-refractivity contribution in [2.45, 2.75) is 85.1 Å². The van der Waals surface area contributed by atoms with Crippen LogP contribution in [0.3, 0.4) is 0 Å². The van der Waals surface area contributed by atoms with E-state index in [0.29, 0.717) is 23.9 Å². The largest absolute Gasteiger partial charge is 0.297 e. The molecule has 0 N–H and O–H groups in total. The third-order valence-electron chi connectivity index (χ3n) is 10.3. The second-order valence-electron chi connectivity index (χ2n) is 11.8. The van der Waals surface area contributed by atoms with Crippen molar-refractivity contribution >= 4 is 5.78 Å². The molecule has 5 rings (SSSR count). The van der Waals surface area contributed by atoms with Crippen LogP contribution in [0.15, 0.2) is 12.3 Å². The number of fused-ring (bicyclic) bond motifs is 5. The molecule has 4 aliphatic carbocycles. The third-order valence-corrected chi connectivity index (χ3v) is 10.3. The number of hydrogen-bond acceptors (Lipinski definition) is 3. The van der Waals surface area contributed by atoms with E-state index < -0.39 is 0 Å². The lowest BCUT2D eigenvalue weighted by molar-refractivity contribution is -0.131. The molecule has 1 aromatic heterocycles. The fourth-order valence-electron chi connectivity index (χ4n) is 9.08. The molecular formula is C27H39N3O. The first-order chi connectivity index (χ1) is 14.9. The van der Waals surface area contributed by atoms with E-state index in [2.05, 4.69) is 31.9 Å². The van der Waals surface area contributed by atoms with Crippen LogP contribution in [-0.2, 0) is 11.3 Å². The van der Waals surface area contributed by atoms with Crippen LogP contribution in [0.1, 0.15) is 84.3 Å². The van der Waals surface area contributed by atoms with Crippen molar-refractivity contribution < 1.29 is 4.79 Å². The van der Waals surface area contributed by atoms with Crippen LogP contribution in [0.5, 0.6) is 0 Å². The van der Waals surface area contributed by atoms with Crippen LogP contribution in [0, 0.1) is 64.1 Å². The molecule has 4 nitrogen and oxygen atoms in total. The first-order valence-electron chi connectivity index (χ1n) is 12.9. The molecule has 0 aliphatic heterocycles. The number of carbonyl (C=O) groups is 1. The third kappa shape index (κ3) is 3.47. The highest BCUT2D eigenvalue weighted by Gasteiger charge is 2.61. The van der Waals surface area contributed by atoms with Crippen LogP contribution in [0.4, 0.5) is 0 Å². The van der Waals surface area contributed by atoms with Crippen molar-refractivity contribution in [3.8, 4) is 6.07 Å². The van der Waals surface area contributed by atoms with Crippen molar-refractivity contribution in [3.05, 3.63) is 18.0 Å². The molecule has 1 heterocycles. The van der Waals surface area contributed by atoms with Crippen LogP contribution in [0.25, 0.3) is 0 Å². The normalized spacial score (nSPS) is 44.1. The number of ketones is 1. The van der Waals surface area contributed by atoms with E-state index in [0.717, 1.165) is 41.9 Å². The molecule has 0 bridgehead atoms. The van der Waals surface area contributed by atoms with E-state index in [1.54, 1.807) is 16.9 Å². The summed E-state index contributed by atoms with van der Waals surface area (Å²) in [5, 5.41) is 13.3. The second-order valence-corrected chi connectivity index (χ2v) is 11.8. The average molecular weight is 422 g/mol. The fourth-order valence-corrected chi connectivity index (χ4v) is 9.08. The van der Waals surface area contributed by atoms with Crippen molar-refractivity contribution in [1.29, 1.82) is 5.26 Å². The minimum absolute atomic E-state index is 0.152. The summed E-state index contributed by atoms with van der Waals surface area (Å²) in [6.45, 7) is 7.59. The van der Waals surface area contributed by atoms with E-state index in [4.69, 9.17) is 5.26 Å². The van der Waals surface area contributed by atoms with Crippen molar-refractivity contribution in [1.82, 2.24) is 9.78 Å². The topological polar surface area (TPSA) is 58.7 Å². The Labute approximate surface area is 187 Å². The average Bonchev–Trinajstić information content (AvgIpc) is 3.34. The van der Waals surface area contributed by atoms with Crippen LogP contribution in [-0.4, -0.2) is 15.6 Å². The lowest BCUT2D eigenvalue weighted by Gasteiger charge is -2.57. The zero-order valence-corrected chi connectivity index (χ0v) is 19.6. The van der Waals surface area contributed by atoms with Gasteiger partial charge < -0.3 is 0 Å². The summed E-state index contributed by atoms with van der Waals surface area (Å²) in [6, 6.07) is 3.78. The van der Waals surface area contributed by atoms with E-state index in [-0.39, 0.29) is 11.3 Å². The Morgan fingerprint density at radius 1 is 1.19 bits per heavy atom. The van der Waals surface area contributed by atoms with Gasteiger partial charge >= 0.3 is 0 Å². The Bertz CT molecular complexity index is 868. The molecule has 4 aliphatic rings. The summed E-state index contributed by atoms with van der Waals surface area (Å²) in [5.74, 6) is 6.52. The number of nitriles is 1. The van der Waals surface area contributed by atoms with Gasteiger partial charge in [0.25, 0.3) is 0 Å². The van der Waals surface area contributed by atoms with Crippen LogP contribution in [0.2, 0.25) is 0 Å². The molecular weight excluding hydrogens is 382 g/mol. The lowest BCUT2D eigenvalue weighted by Crippen LogP contribution is -2.50. The van der Waals surface area contributed by atoms with Gasteiger partial charge in [-0.05, 0) is 97.9 Å². The zero-order valence-electron chi connectivity index (χ0n) is 19.6. The van der Waals surface area contributed by atoms with E-state index >= 15 is 0 Å². The van der Waals surface area contributed by atoms with E-state index in [1.807, 2.05) is 0 Å². The van der Waals surface area contributed by atoms with Crippen molar-refractivity contribution in [3.63, 3.8) is 0 Å². The summed E-state index contributed by atoms with van der Waals surface area (Å²) < 4.78 is 1.68. The number of hydrogen-bond donors (Lipinski definition) is 0. The van der Waals surface area contributed by atoms with Gasteiger partial charge in [-0.3, -0.25) is 9.48 Å². The zero-order chi connectivity index (χ0) is 21.8. The summed E-state index contributed by atoms with van der Waals surface area (Å²) >= 11 is 0. The lowest BCUT2D eigenvalue weighted by atomic mass is 9.48. The van der Waals surface area contributed by atoms with Crippen LogP contribution < -0.4 is 0 Å². The Balaban J connectivity index is 1.37. The summed E-state index contributed by atoms with van der Waals surface area (Å²) in [4.78, 5) is 13.5. The smallest absolute Gasteiger partial charge is 0.162 e. The van der Waals surface area contributed by atoms with Gasteiger partial charge in [-0.2, -0.15) is 10.4 Å². The maximum atomic E-state index is 13.5.